The Morgan fingerprint density at radius 1 is 1.42 bits per heavy atom. The van der Waals surface area contributed by atoms with Crippen molar-refractivity contribution in [2.75, 3.05) is 13.2 Å². The average molecular weight is 332 g/mol. The summed E-state index contributed by atoms with van der Waals surface area (Å²) in [6.07, 6.45) is 1.59. The third kappa shape index (κ3) is 5.70. The molecule has 0 bridgehead atoms. The first-order valence-corrected chi connectivity index (χ1v) is 6.98. The molecule has 1 rings (SSSR count). The molecule has 0 spiro atoms. The Balaban J connectivity index is 2.43. The van der Waals surface area contributed by atoms with Gasteiger partial charge < -0.3 is 10.4 Å². The van der Waals surface area contributed by atoms with Crippen LogP contribution in [0.25, 0.3) is 0 Å². The fourth-order valence-corrected chi connectivity index (χ4v) is 2.10. The molecule has 0 saturated carbocycles. The molecule has 1 aromatic rings. The zero-order valence-corrected chi connectivity index (χ0v) is 12.8. The van der Waals surface area contributed by atoms with Crippen LogP contribution in [-0.4, -0.2) is 24.2 Å². The summed E-state index contributed by atoms with van der Waals surface area (Å²) in [6, 6.07) is 4.09. The third-order valence-electron chi connectivity index (χ3n) is 2.87. The van der Waals surface area contributed by atoms with Crippen LogP contribution < -0.4 is 5.32 Å². The second-order valence-corrected chi connectivity index (χ2v) is 6.26. The molecule has 0 aliphatic carbocycles. The molecule has 0 radical (unpaired) electrons. The minimum atomic E-state index is -0.444. The highest BCUT2D eigenvalue weighted by molar-refractivity contribution is 9.10. The number of nitrogens with one attached hydrogen (secondary N) is 1. The van der Waals surface area contributed by atoms with Crippen molar-refractivity contribution in [3.8, 4) is 0 Å². The van der Waals surface area contributed by atoms with Gasteiger partial charge in [-0.15, -0.1) is 0 Å². The van der Waals surface area contributed by atoms with Gasteiger partial charge >= 0.3 is 0 Å². The van der Waals surface area contributed by atoms with E-state index >= 15 is 0 Å². The summed E-state index contributed by atoms with van der Waals surface area (Å²) in [4.78, 5) is 11.8. The predicted molar refractivity (Wildman–Crippen MR) is 76.5 cm³/mol. The van der Waals surface area contributed by atoms with Crippen molar-refractivity contribution in [3.05, 3.63) is 34.1 Å². The Labute approximate surface area is 121 Å². The van der Waals surface area contributed by atoms with E-state index in [1.54, 1.807) is 6.07 Å². The first kappa shape index (κ1) is 16.1. The maximum absolute atomic E-state index is 13.1. The monoisotopic (exact) mass is 331 g/mol. The highest BCUT2D eigenvalue weighted by atomic mass is 79.9. The quantitative estimate of drug-likeness (QED) is 0.787. The number of amides is 1. The Kier molecular flexibility index (Phi) is 5.94. The molecule has 0 atom stereocenters. The number of carbonyl (C=O) groups excluding carboxylic acids is 1. The Bertz CT molecular complexity index is 429. The minimum Gasteiger partial charge on any atom is -0.396 e. The van der Waals surface area contributed by atoms with E-state index < -0.39 is 5.82 Å². The highest BCUT2D eigenvalue weighted by Gasteiger charge is 2.15. The largest absolute Gasteiger partial charge is 0.396 e. The van der Waals surface area contributed by atoms with Gasteiger partial charge in [-0.05, 0) is 36.5 Å². The van der Waals surface area contributed by atoms with Crippen molar-refractivity contribution in [1.82, 2.24) is 5.32 Å². The summed E-state index contributed by atoms with van der Waals surface area (Å²) in [5, 5.41) is 11.8. The maximum atomic E-state index is 13.1. The molecule has 5 heteroatoms. The number of aliphatic hydroxyl groups is 1. The van der Waals surface area contributed by atoms with Crippen LogP contribution in [0, 0.1) is 11.2 Å². The van der Waals surface area contributed by atoms with Crippen LogP contribution in [0.3, 0.4) is 0 Å². The van der Waals surface area contributed by atoms with E-state index in [1.165, 1.54) is 12.1 Å². The van der Waals surface area contributed by atoms with Crippen molar-refractivity contribution in [1.29, 1.82) is 0 Å². The molecule has 2 N–H and O–H groups in total. The van der Waals surface area contributed by atoms with E-state index in [-0.39, 0.29) is 17.9 Å². The van der Waals surface area contributed by atoms with E-state index in [1.807, 2.05) is 13.8 Å². The molecule has 0 aliphatic rings. The van der Waals surface area contributed by atoms with Crippen molar-refractivity contribution < 1.29 is 14.3 Å². The van der Waals surface area contributed by atoms with Crippen molar-refractivity contribution in [2.45, 2.75) is 26.7 Å². The summed E-state index contributed by atoms with van der Waals surface area (Å²) >= 11 is 3.15. The molecule has 3 nitrogen and oxygen atoms in total. The predicted octanol–water partition coefficient (Wildman–Crippen LogP) is 3.12. The highest BCUT2D eigenvalue weighted by Crippen LogP contribution is 2.20. The van der Waals surface area contributed by atoms with Gasteiger partial charge in [-0.3, -0.25) is 4.79 Å². The molecular formula is C14H19BrFNO2. The molecule has 0 heterocycles. The summed E-state index contributed by atoms with van der Waals surface area (Å²) in [7, 11) is 0. The topological polar surface area (TPSA) is 49.3 Å². The van der Waals surface area contributed by atoms with E-state index in [9.17, 15) is 9.18 Å². The SMILES string of the molecule is CC(C)(CO)CCCNC(=O)c1cc(F)cc(Br)c1. The zero-order valence-electron chi connectivity index (χ0n) is 11.2. The van der Waals surface area contributed by atoms with Crippen LogP contribution in [0.1, 0.15) is 37.0 Å². The molecule has 0 fully saturated rings. The normalized spacial score (nSPS) is 11.4. The lowest BCUT2D eigenvalue weighted by molar-refractivity contribution is 0.0948. The van der Waals surface area contributed by atoms with Gasteiger partial charge in [0.15, 0.2) is 0 Å². The summed E-state index contributed by atoms with van der Waals surface area (Å²) < 4.78 is 13.7. The zero-order chi connectivity index (χ0) is 14.5. The van der Waals surface area contributed by atoms with Crippen LogP contribution in [0.15, 0.2) is 22.7 Å². The van der Waals surface area contributed by atoms with Gasteiger partial charge in [0.05, 0.1) is 0 Å². The number of aliphatic hydroxyl groups excluding tert-OH is 1. The van der Waals surface area contributed by atoms with Crippen LogP contribution >= 0.6 is 15.9 Å². The number of halogens is 2. The second kappa shape index (κ2) is 7.01. The number of carbonyl (C=O) groups is 1. The lowest BCUT2D eigenvalue weighted by atomic mass is 9.89. The van der Waals surface area contributed by atoms with E-state index in [4.69, 9.17) is 5.11 Å². The molecular weight excluding hydrogens is 313 g/mol. The smallest absolute Gasteiger partial charge is 0.251 e. The van der Waals surface area contributed by atoms with Gasteiger partial charge in [0.25, 0.3) is 5.91 Å². The van der Waals surface area contributed by atoms with E-state index in [0.717, 1.165) is 12.8 Å². The van der Waals surface area contributed by atoms with Gasteiger partial charge in [0, 0.05) is 23.2 Å². The summed E-state index contributed by atoms with van der Waals surface area (Å²) in [5.41, 5.74) is 0.167. The molecule has 1 amide bonds. The van der Waals surface area contributed by atoms with E-state index in [2.05, 4.69) is 21.2 Å². The molecule has 0 unspecified atom stereocenters. The van der Waals surface area contributed by atoms with Crippen LogP contribution in [-0.2, 0) is 0 Å². The number of benzene rings is 1. The molecule has 0 saturated heterocycles. The van der Waals surface area contributed by atoms with Gasteiger partial charge in [-0.2, -0.15) is 0 Å². The lowest BCUT2D eigenvalue weighted by Gasteiger charge is -2.21. The molecule has 0 aliphatic heterocycles. The average Bonchev–Trinajstić information content (AvgIpc) is 2.33. The number of rotatable bonds is 6. The Morgan fingerprint density at radius 3 is 2.68 bits per heavy atom. The third-order valence-corrected chi connectivity index (χ3v) is 3.33. The first-order chi connectivity index (χ1) is 8.84. The summed E-state index contributed by atoms with van der Waals surface area (Å²) in [5.74, 6) is -0.733. The standard InChI is InChI=1S/C14H19BrFNO2/c1-14(2,9-18)4-3-5-17-13(19)10-6-11(15)8-12(16)7-10/h6-8,18H,3-5,9H2,1-2H3,(H,17,19). The molecule has 0 aromatic heterocycles. The van der Waals surface area contributed by atoms with Crippen molar-refractivity contribution >= 4 is 21.8 Å². The Hall–Kier alpha value is -0.940. The number of hydrogen-bond acceptors (Lipinski definition) is 2. The van der Waals surface area contributed by atoms with Crippen LogP contribution in [0.5, 0.6) is 0 Å². The molecule has 1 aromatic carbocycles. The second-order valence-electron chi connectivity index (χ2n) is 5.34. The van der Waals surface area contributed by atoms with Crippen molar-refractivity contribution in [2.24, 2.45) is 5.41 Å². The van der Waals surface area contributed by atoms with Gasteiger partial charge in [0.1, 0.15) is 5.82 Å². The summed E-state index contributed by atoms with van der Waals surface area (Å²) in [6.45, 7) is 4.57. The fourth-order valence-electron chi connectivity index (χ4n) is 1.63. The van der Waals surface area contributed by atoms with Gasteiger partial charge in [0.2, 0.25) is 0 Å². The fraction of sp³-hybridized carbons (Fsp3) is 0.500. The molecule has 19 heavy (non-hydrogen) atoms. The van der Waals surface area contributed by atoms with Crippen LogP contribution in [0.2, 0.25) is 0 Å². The maximum Gasteiger partial charge on any atom is 0.251 e. The van der Waals surface area contributed by atoms with E-state index in [0.29, 0.717) is 16.6 Å². The first-order valence-electron chi connectivity index (χ1n) is 6.19. The lowest BCUT2D eigenvalue weighted by Crippen LogP contribution is -2.26. The molecule has 106 valence electrons. The van der Waals surface area contributed by atoms with Gasteiger partial charge in [-0.25, -0.2) is 4.39 Å². The Morgan fingerprint density at radius 2 is 2.11 bits per heavy atom. The van der Waals surface area contributed by atoms with Crippen molar-refractivity contribution in [3.63, 3.8) is 0 Å². The minimum absolute atomic E-state index is 0.123. The van der Waals surface area contributed by atoms with Gasteiger partial charge in [-0.1, -0.05) is 29.8 Å². The van der Waals surface area contributed by atoms with Crippen LogP contribution in [0.4, 0.5) is 4.39 Å². The number of hydrogen-bond donors (Lipinski definition) is 2.